The van der Waals surface area contributed by atoms with Gasteiger partial charge in [-0.3, -0.25) is 4.79 Å². The van der Waals surface area contributed by atoms with Gasteiger partial charge in [-0.15, -0.1) is 0 Å². The molecule has 0 saturated carbocycles. The van der Waals surface area contributed by atoms with Crippen molar-refractivity contribution >= 4 is 29.1 Å². The van der Waals surface area contributed by atoms with Crippen LogP contribution in [-0.2, 0) is 11.2 Å². The molecule has 1 saturated heterocycles. The molecule has 3 rings (SSSR count). The molecule has 0 spiro atoms. The maximum Gasteiger partial charge on any atom is 0.222 e. The van der Waals surface area contributed by atoms with E-state index in [4.69, 9.17) is 23.2 Å². The number of benzene rings is 2. The maximum atomic E-state index is 12.7. The molecule has 2 nitrogen and oxygen atoms in total. The smallest absolute Gasteiger partial charge is 0.222 e. The summed E-state index contributed by atoms with van der Waals surface area (Å²) in [5.41, 5.74) is 2.39. The summed E-state index contributed by atoms with van der Waals surface area (Å²) < 4.78 is 0. The number of nitrogens with zero attached hydrogens (tertiary/aromatic N) is 1. The Hall–Kier alpha value is -1.51. The van der Waals surface area contributed by atoms with E-state index < -0.39 is 0 Å². The molecule has 0 N–H and O–H groups in total. The Kier molecular flexibility index (Phi) is 6.39. The third-order valence-corrected chi connectivity index (χ3v) is 5.37. The number of amides is 1. The Morgan fingerprint density at radius 2 is 1.84 bits per heavy atom. The number of hydrogen-bond donors (Lipinski definition) is 0. The summed E-state index contributed by atoms with van der Waals surface area (Å²) in [4.78, 5) is 14.8. The van der Waals surface area contributed by atoms with Crippen LogP contribution in [0.15, 0.2) is 48.5 Å². The summed E-state index contributed by atoms with van der Waals surface area (Å²) in [6.07, 6.45) is 4.63. The summed E-state index contributed by atoms with van der Waals surface area (Å²) in [7, 11) is 0. The van der Waals surface area contributed by atoms with Crippen molar-refractivity contribution in [2.75, 3.05) is 13.1 Å². The normalized spacial score (nSPS) is 18.0. The van der Waals surface area contributed by atoms with Crippen molar-refractivity contribution in [3.63, 3.8) is 0 Å². The Morgan fingerprint density at radius 1 is 1.04 bits per heavy atom. The largest absolute Gasteiger partial charge is 0.342 e. The Labute approximate surface area is 159 Å². The predicted octanol–water partition coefficient (Wildman–Crippen LogP) is 5.72. The van der Waals surface area contributed by atoms with E-state index in [-0.39, 0.29) is 5.91 Å². The zero-order chi connectivity index (χ0) is 17.6. The van der Waals surface area contributed by atoms with Crippen molar-refractivity contribution < 1.29 is 4.79 Å². The van der Waals surface area contributed by atoms with E-state index >= 15 is 0 Å². The van der Waals surface area contributed by atoms with Crippen LogP contribution < -0.4 is 0 Å². The predicted molar refractivity (Wildman–Crippen MR) is 104 cm³/mol. The number of aryl methyl sites for hydroxylation is 1. The van der Waals surface area contributed by atoms with Gasteiger partial charge in [-0.2, -0.15) is 0 Å². The molecule has 1 aliphatic heterocycles. The van der Waals surface area contributed by atoms with Gasteiger partial charge < -0.3 is 4.90 Å². The molecule has 4 heteroatoms. The maximum absolute atomic E-state index is 12.7. The van der Waals surface area contributed by atoms with Gasteiger partial charge in [0, 0.05) is 35.5 Å². The molecule has 132 valence electrons. The monoisotopic (exact) mass is 375 g/mol. The van der Waals surface area contributed by atoms with Crippen molar-refractivity contribution in [3.05, 3.63) is 69.7 Å². The molecule has 0 bridgehead atoms. The van der Waals surface area contributed by atoms with E-state index in [2.05, 4.69) is 12.1 Å². The number of carbonyl (C=O) groups excluding carboxylic acids is 1. The number of hydrogen-bond acceptors (Lipinski definition) is 1. The molecule has 0 radical (unpaired) electrons. The summed E-state index contributed by atoms with van der Waals surface area (Å²) in [6.45, 7) is 1.66. The van der Waals surface area contributed by atoms with E-state index in [0.717, 1.165) is 54.4 Å². The molecular formula is C21H23Cl2NO. The van der Waals surface area contributed by atoms with E-state index in [9.17, 15) is 4.79 Å². The van der Waals surface area contributed by atoms with E-state index in [1.165, 1.54) is 5.56 Å². The standard InChI is InChI=1S/C21H23Cl2NO/c22-19-10-8-17(9-11-19)18-5-1-2-13-24(15-18)21(25)12-7-16-4-3-6-20(23)14-16/h3-4,6,8-11,14,18H,1-2,5,7,12-13,15H2. The fourth-order valence-electron chi connectivity index (χ4n) is 3.48. The van der Waals surface area contributed by atoms with Crippen molar-refractivity contribution in [2.45, 2.75) is 38.0 Å². The molecule has 0 aliphatic carbocycles. The van der Waals surface area contributed by atoms with Gasteiger partial charge >= 0.3 is 0 Å². The minimum absolute atomic E-state index is 0.237. The van der Waals surface area contributed by atoms with Crippen molar-refractivity contribution in [3.8, 4) is 0 Å². The number of likely N-dealkylation sites (tertiary alicyclic amines) is 1. The first kappa shape index (κ1) is 18.3. The zero-order valence-corrected chi connectivity index (χ0v) is 15.8. The fraction of sp³-hybridized carbons (Fsp3) is 0.381. The van der Waals surface area contributed by atoms with Crippen LogP contribution in [0.2, 0.25) is 10.0 Å². The highest BCUT2D eigenvalue weighted by Crippen LogP contribution is 2.28. The third-order valence-electron chi connectivity index (χ3n) is 4.88. The van der Waals surface area contributed by atoms with Gasteiger partial charge in [0.2, 0.25) is 5.91 Å². The molecule has 1 amide bonds. The highest BCUT2D eigenvalue weighted by Gasteiger charge is 2.23. The third kappa shape index (κ3) is 5.23. The quantitative estimate of drug-likeness (QED) is 0.668. The van der Waals surface area contributed by atoms with Crippen molar-refractivity contribution in [2.24, 2.45) is 0 Å². The van der Waals surface area contributed by atoms with Gasteiger partial charge in [-0.1, -0.05) is 53.9 Å². The van der Waals surface area contributed by atoms with Gasteiger partial charge in [-0.05, 0) is 54.7 Å². The van der Waals surface area contributed by atoms with Crippen molar-refractivity contribution in [1.29, 1.82) is 0 Å². The lowest BCUT2D eigenvalue weighted by atomic mass is 9.94. The average Bonchev–Trinajstić information content (AvgIpc) is 2.87. The van der Waals surface area contributed by atoms with Gasteiger partial charge in [-0.25, -0.2) is 0 Å². The van der Waals surface area contributed by atoms with E-state index in [1.807, 2.05) is 41.3 Å². The summed E-state index contributed by atoms with van der Waals surface area (Å²) in [5, 5.41) is 1.48. The number of carbonyl (C=O) groups is 1. The van der Waals surface area contributed by atoms with Crippen LogP contribution in [0.5, 0.6) is 0 Å². The molecule has 0 aromatic heterocycles. The van der Waals surface area contributed by atoms with Crippen LogP contribution in [0.4, 0.5) is 0 Å². The van der Waals surface area contributed by atoms with Crippen LogP contribution in [-0.4, -0.2) is 23.9 Å². The zero-order valence-electron chi connectivity index (χ0n) is 14.3. The van der Waals surface area contributed by atoms with E-state index in [0.29, 0.717) is 12.3 Å². The SMILES string of the molecule is O=C(CCc1cccc(Cl)c1)N1CCCCC(c2ccc(Cl)cc2)C1. The first-order valence-corrected chi connectivity index (χ1v) is 9.65. The molecule has 1 heterocycles. The molecule has 1 aliphatic rings. The molecular weight excluding hydrogens is 353 g/mol. The molecule has 25 heavy (non-hydrogen) atoms. The van der Waals surface area contributed by atoms with E-state index in [1.54, 1.807) is 0 Å². The number of rotatable bonds is 4. The molecule has 1 fully saturated rings. The van der Waals surface area contributed by atoms with Gasteiger partial charge in [0.25, 0.3) is 0 Å². The summed E-state index contributed by atoms with van der Waals surface area (Å²) >= 11 is 12.0. The Balaban J connectivity index is 1.61. The molecule has 1 atom stereocenters. The summed E-state index contributed by atoms with van der Waals surface area (Å²) in [6, 6.07) is 15.8. The lowest BCUT2D eigenvalue weighted by molar-refractivity contribution is -0.131. The average molecular weight is 376 g/mol. The van der Waals surface area contributed by atoms with Crippen LogP contribution in [0, 0.1) is 0 Å². The minimum atomic E-state index is 0.237. The second-order valence-corrected chi connectivity index (χ2v) is 7.59. The van der Waals surface area contributed by atoms with Crippen LogP contribution >= 0.6 is 23.2 Å². The second-order valence-electron chi connectivity index (χ2n) is 6.71. The van der Waals surface area contributed by atoms with Crippen LogP contribution in [0.1, 0.15) is 42.7 Å². The minimum Gasteiger partial charge on any atom is -0.342 e. The fourth-order valence-corrected chi connectivity index (χ4v) is 3.82. The highest BCUT2D eigenvalue weighted by atomic mass is 35.5. The first-order valence-electron chi connectivity index (χ1n) is 8.89. The second kappa shape index (κ2) is 8.73. The van der Waals surface area contributed by atoms with Gasteiger partial charge in [0.15, 0.2) is 0 Å². The molecule has 2 aromatic rings. The first-order chi connectivity index (χ1) is 12.1. The Bertz CT molecular complexity index is 714. The topological polar surface area (TPSA) is 20.3 Å². The van der Waals surface area contributed by atoms with Crippen LogP contribution in [0.25, 0.3) is 0 Å². The van der Waals surface area contributed by atoms with Gasteiger partial charge in [0.05, 0.1) is 0 Å². The summed E-state index contributed by atoms with van der Waals surface area (Å²) in [5.74, 6) is 0.635. The van der Waals surface area contributed by atoms with Crippen LogP contribution in [0.3, 0.4) is 0 Å². The lowest BCUT2D eigenvalue weighted by Gasteiger charge is -2.25. The molecule has 2 aromatic carbocycles. The lowest BCUT2D eigenvalue weighted by Crippen LogP contribution is -2.34. The Morgan fingerprint density at radius 3 is 2.60 bits per heavy atom. The van der Waals surface area contributed by atoms with Crippen molar-refractivity contribution in [1.82, 2.24) is 4.90 Å². The van der Waals surface area contributed by atoms with Gasteiger partial charge in [0.1, 0.15) is 0 Å². The number of halogens is 2. The highest BCUT2D eigenvalue weighted by molar-refractivity contribution is 6.30. The molecule has 1 unspecified atom stereocenters.